The van der Waals surface area contributed by atoms with Crippen molar-refractivity contribution in [2.24, 2.45) is 5.92 Å². The van der Waals surface area contributed by atoms with Crippen molar-refractivity contribution < 1.29 is 19.4 Å². The molecular weight excluding hydrogens is 272 g/mol. The summed E-state index contributed by atoms with van der Waals surface area (Å²) < 4.78 is 5.45. The lowest BCUT2D eigenvalue weighted by Crippen LogP contribution is -2.56. The van der Waals surface area contributed by atoms with Crippen molar-refractivity contribution in [3.05, 3.63) is 0 Å². The second-order valence-corrected chi connectivity index (χ2v) is 5.99. The number of carboxylic acid groups (broad SMARTS) is 1. The fourth-order valence-electron chi connectivity index (χ4n) is 3.47. The molecule has 6 nitrogen and oxygen atoms in total. The number of aliphatic carboxylic acids is 1. The lowest BCUT2D eigenvalue weighted by molar-refractivity contribution is -0.158. The highest BCUT2D eigenvalue weighted by molar-refractivity contribution is 5.89. The molecule has 0 aliphatic carbocycles. The number of rotatable bonds is 6. The van der Waals surface area contributed by atoms with E-state index in [1.54, 1.807) is 4.90 Å². The fourth-order valence-corrected chi connectivity index (χ4v) is 3.47. The summed E-state index contributed by atoms with van der Waals surface area (Å²) >= 11 is 0. The molecule has 2 aliphatic rings. The van der Waals surface area contributed by atoms with Crippen LogP contribution in [0.2, 0.25) is 0 Å². The van der Waals surface area contributed by atoms with Crippen LogP contribution >= 0.6 is 0 Å². The van der Waals surface area contributed by atoms with Gasteiger partial charge < -0.3 is 20.1 Å². The highest BCUT2D eigenvalue weighted by Gasteiger charge is 2.51. The SMILES string of the molecule is CCCNC1COCC1C(=O)N1CCCC1(CC)C(=O)O. The summed E-state index contributed by atoms with van der Waals surface area (Å²) in [7, 11) is 0. The van der Waals surface area contributed by atoms with Crippen molar-refractivity contribution in [2.75, 3.05) is 26.3 Å². The van der Waals surface area contributed by atoms with E-state index >= 15 is 0 Å². The zero-order valence-corrected chi connectivity index (χ0v) is 12.9. The Bertz CT molecular complexity index is 401. The van der Waals surface area contributed by atoms with E-state index in [9.17, 15) is 14.7 Å². The van der Waals surface area contributed by atoms with E-state index in [-0.39, 0.29) is 17.9 Å². The number of carboxylic acids is 1. The summed E-state index contributed by atoms with van der Waals surface area (Å²) in [6, 6.07) is 0.00130. The molecule has 0 spiro atoms. The molecule has 2 rings (SSSR count). The third-order valence-corrected chi connectivity index (χ3v) is 4.79. The fraction of sp³-hybridized carbons (Fsp3) is 0.867. The molecular formula is C15H26N2O4. The molecule has 120 valence electrons. The van der Waals surface area contributed by atoms with Crippen molar-refractivity contribution >= 4 is 11.9 Å². The third-order valence-electron chi connectivity index (χ3n) is 4.79. The third kappa shape index (κ3) is 2.92. The number of nitrogens with zero attached hydrogens (tertiary/aromatic N) is 1. The van der Waals surface area contributed by atoms with Gasteiger partial charge >= 0.3 is 5.97 Å². The smallest absolute Gasteiger partial charge is 0.329 e. The Kier molecular flexibility index (Phi) is 5.22. The zero-order chi connectivity index (χ0) is 15.5. The van der Waals surface area contributed by atoms with Crippen LogP contribution in [0.4, 0.5) is 0 Å². The first-order chi connectivity index (χ1) is 10.1. The maximum atomic E-state index is 12.8. The number of hydrogen-bond donors (Lipinski definition) is 2. The van der Waals surface area contributed by atoms with Crippen molar-refractivity contribution in [3.63, 3.8) is 0 Å². The molecule has 1 amide bonds. The van der Waals surface area contributed by atoms with Gasteiger partial charge in [0.15, 0.2) is 0 Å². The molecule has 0 bridgehead atoms. The number of hydrogen-bond acceptors (Lipinski definition) is 4. The standard InChI is InChI=1S/C15H26N2O4/c1-3-7-16-12-10-21-9-11(12)13(18)17-8-5-6-15(17,4-2)14(19)20/h11-12,16H,3-10H2,1-2H3,(H,19,20). The summed E-state index contributed by atoms with van der Waals surface area (Å²) in [5.41, 5.74) is -1.02. The van der Waals surface area contributed by atoms with Gasteiger partial charge in [-0.15, -0.1) is 0 Å². The minimum absolute atomic E-state index is 0.00130. The molecule has 2 saturated heterocycles. The van der Waals surface area contributed by atoms with Crippen LogP contribution in [0.15, 0.2) is 0 Å². The number of ether oxygens (including phenoxy) is 1. The van der Waals surface area contributed by atoms with Gasteiger partial charge in [0.05, 0.1) is 19.1 Å². The van der Waals surface area contributed by atoms with E-state index in [2.05, 4.69) is 12.2 Å². The Balaban J connectivity index is 2.12. The van der Waals surface area contributed by atoms with Crippen LogP contribution in [0.1, 0.15) is 39.5 Å². The van der Waals surface area contributed by atoms with Crippen LogP contribution in [-0.2, 0) is 14.3 Å². The molecule has 0 aromatic heterocycles. The minimum atomic E-state index is -1.02. The van der Waals surface area contributed by atoms with Gasteiger partial charge in [0, 0.05) is 12.6 Å². The Hall–Kier alpha value is -1.14. The lowest BCUT2D eigenvalue weighted by atomic mass is 9.91. The van der Waals surface area contributed by atoms with E-state index in [4.69, 9.17) is 4.74 Å². The molecule has 3 atom stereocenters. The Morgan fingerprint density at radius 1 is 1.38 bits per heavy atom. The van der Waals surface area contributed by atoms with E-state index in [0.29, 0.717) is 32.6 Å². The van der Waals surface area contributed by atoms with Gasteiger partial charge in [0.2, 0.25) is 5.91 Å². The molecule has 0 radical (unpaired) electrons. The van der Waals surface area contributed by atoms with Gasteiger partial charge in [-0.05, 0) is 32.2 Å². The van der Waals surface area contributed by atoms with Crippen molar-refractivity contribution in [2.45, 2.75) is 51.1 Å². The van der Waals surface area contributed by atoms with Crippen LogP contribution in [0, 0.1) is 5.92 Å². The van der Waals surface area contributed by atoms with Gasteiger partial charge in [-0.3, -0.25) is 4.79 Å². The van der Waals surface area contributed by atoms with Crippen LogP contribution in [0.3, 0.4) is 0 Å². The molecule has 21 heavy (non-hydrogen) atoms. The highest BCUT2D eigenvalue weighted by atomic mass is 16.5. The predicted octanol–water partition coefficient (Wildman–Crippen LogP) is 0.857. The highest BCUT2D eigenvalue weighted by Crippen LogP contribution is 2.35. The molecule has 2 heterocycles. The Morgan fingerprint density at radius 3 is 2.76 bits per heavy atom. The number of amides is 1. The number of carbonyl (C=O) groups is 2. The van der Waals surface area contributed by atoms with Crippen LogP contribution < -0.4 is 5.32 Å². The van der Waals surface area contributed by atoms with E-state index in [0.717, 1.165) is 19.4 Å². The average Bonchev–Trinajstić information content (AvgIpc) is 3.11. The molecule has 2 N–H and O–H groups in total. The first-order valence-corrected chi connectivity index (χ1v) is 7.92. The number of likely N-dealkylation sites (tertiary alicyclic amines) is 1. The van der Waals surface area contributed by atoms with Crippen molar-refractivity contribution in [1.29, 1.82) is 0 Å². The van der Waals surface area contributed by atoms with E-state index < -0.39 is 11.5 Å². The van der Waals surface area contributed by atoms with Gasteiger partial charge in [-0.25, -0.2) is 4.79 Å². The average molecular weight is 298 g/mol. The zero-order valence-electron chi connectivity index (χ0n) is 12.9. The van der Waals surface area contributed by atoms with Crippen LogP contribution in [0.25, 0.3) is 0 Å². The summed E-state index contributed by atoms with van der Waals surface area (Å²) in [6.45, 7) is 6.21. The van der Waals surface area contributed by atoms with Gasteiger partial charge in [0.25, 0.3) is 0 Å². The quantitative estimate of drug-likeness (QED) is 0.760. The Morgan fingerprint density at radius 2 is 2.14 bits per heavy atom. The van der Waals surface area contributed by atoms with Gasteiger partial charge in [-0.1, -0.05) is 13.8 Å². The van der Waals surface area contributed by atoms with Crippen LogP contribution in [-0.4, -0.2) is 59.8 Å². The maximum absolute atomic E-state index is 12.8. The lowest BCUT2D eigenvalue weighted by Gasteiger charge is -2.36. The summed E-state index contributed by atoms with van der Waals surface area (Å²) in [5, 5.41) is 12.9. The summed E-state index contributed by atoms with van der Waals surface area (Å²) in [4.78, 5) is 26.1. The van der Waals surface area contributed by atoms with E-state index in [1.807, 2.05) is 6.92 Å². The van der Waals surface area contributed by atoms with Crippen LogP contribution in [0.5, 0.6) is 0 Å². The normalized spacial score (nSPS) is 32.6. The largest absolute Gasteiger partial charge is 0.479 e. The molecule has 3 unspecified atom stereocenters. The van der Waals surface area contributed by atoms with E-state index in [1.165, 1.54) is 0 Å². The second kappa shape index (κ2) is 6.75. The maximum Gasteiger partial charge on any atom is 0.329 e. The Labute approximate surface area is 125 Å². The molecule has 6 heteroatoms. The molecule has 2 aliphatic heterocycles. The molecule has 0 aromatic carbocycles. The molecule has 2 fully saturated rings. The van der Waals surface area contributed by atoms with Gasteiger partial charge in [-0.2, -0.15) is 0 Å². The summed E-state index contributed by atoms with van der Waals surface area (Å²) in [5.74, 6) is -1.21. The second-order valence-electron chi connectivity index (χ2n) is 5.99. The van der Waals surface area contributed by atoms with Crippen molar-refractivity contribution in [1.82, 2.24) is 10.2 Å². The number of carbonyl (C=O) groups excluding carboxylic acids is 1. The van der Waals surface area contributed by atoms with Gasteiger partial charge in [0.1, 0.15) is 5.54 Å². The minimum Gasteiger partial charge on any atom is -0.479 e. The first-order valence-electron chi connectivity index (χ1n) is 7.92. The molecule has 0 saturated carbocycles. The summed E-state index contributed by atoms with van der Waals surface area (Å²) in [6.07, 6.45) is 2.75. The monoisotopic (exact) mass is 298 g/mol. The predicted molar refractivity (Wildman–Crippen MR) is 78.0 cm³/mol. The number of nitrogens with one attached hydrogen (secondary N) is 1. The molecule has 0 aromatic rings. The first kappa shape index (κ1) is 16.2. The topological polar surface area (TPSA) is 78.9 Å². The van der Waals surface area contributed by atoms with Crippen molar-refractivity contribution in [3.8, 4) is 0 Å².